The summed E-state index contributed by atoms with van der Waals surface area (Å²) < 4.78 is 27.4. The van der Waals surface area contributed by atoms with E-state index in [1.165, 1.54) is 6.07 Å². The highest BCUT2D eigenvalue weighted by molar-refractivity contribution is 6.62. The molecule has 0 aromatic heterocycles. The molecule has 1 saturated heterocycles. The van der Waals surface area contributed by atoms with Gasteiger partial charge in [-0.1, -0.05) is 52.0 Å². The first-order valence-electron chi connectivity index (χ1n) is 10.8. The molecule has 162 valence electrons. The largest absolute Gasteiger partial charge is 0.508 e. The number of phenols is 1. The summed E-state index contributed by atoms with van der Waals surface area (Å²) in [7, 11) is -0.595. The van der Waals surface area contributed by atoms with Crippen LogP contribution in [0.3, 0.4) is 0 Å². The van der Waals surface area contributed by atoms with Crippen molar-refractivity contribution in [3.8, 4) is 5.75 Å². The van der Waals surface area contributed by atoms with Crippen LogP contribution in [0.4, 0.5) is 4.39 Å². The SMILES string of the molecule is CC(C)c1c(F)cccc1B1OC(C)(C)C(C)(CCC(C)(C)c2cccc(O)c2)O1. The summed E-state index contributed by atoms with van der Waals surface area (Å²) in [6.45, 7) is 14.5. The quantitative estimate of drug-likeness (QED) is 0.620. The van der Waals surface area contributed by atoms with Gasteiger partial charge >= 0.3 is 7.12 Å². The van der Waals surface area contributed by atoms with E-state index in [9.17, 15) is 9.50 Å². The Labute approximate surface area is 180 Å². The van der Waals surface area contributed by atoms with Crippen LogP contribution in [-0.2, 0) is 14.7 Å². The molecule has 1 atom stereocenters. The lowest BCUT2D eigenvalue weighted by Crippen LogP contribution is -2.45. The van der Waals surface area contributed by atoms with E-state index in [1.54, 1.807) is 12.1 Å². The van der Waals surface area contributed by atoms with Gasteiger partial charge in [0.05, 0.1) is 11.2 Å². The summed E-state index contributed by atoms with van der Waals surface area (Å²) in [6, 6.07) is 12.6. The van der Waals surface area contributed by atoms with Gasteiger partial charge in [-0.25, -0.2) is 4.39 Å². The zero-order valence-corrected chi connectivity index (χ0v) is 19.3. The van der Waals surface area contributed by atoms with Crippen molar-refractivity contribution >= 4 is 12.6 Å². The minimum atomic E-state index is -0.595. The standard InChI is InChI=1S/C25H34BFO3/c1-17(2)22-20(12-9-13-21(22)27)26-29-24(5,6)25(7,30-26)15-14-23(3,4)18-10-8-11-19(28)16-18/h8-13,16-17,28H,14-15H2,1-7H3. The second-order valence-corrected chi connectivity index (χ2v) is 10.1. The van der Waals surface area contributed by atoms with Crippen molar-refractivity contribution in [1.29, 1.82) is 0 Å². The molecule has 30 heavy (non-hydrogen) atoms. The summed E-state index contributed by atoms with van der Waals surface area (Å²) in [4.78, 5) is 0. The van der Waals surface area contributed by atoms with E-state index in [1.807, 2.05) is 52.0 Å². The third-order valence-electron chi connectivity index (χ3n) is 6.82. The van der Waals surface area contributed by atoms with E-state index >= 15 is 0 Å². The van der Waals surface area contributed by atoms with Gasteiger partial charge in [-0.05, 0) is 79.7 Å². The van der Waals surface area contributed by atoms with Crippen molar-refractivity contribution in [3.63, 3.8) is 0 Å². The number of rotatable bonds is 6. The van der Waals surface area contributed by atoms with Crippen molar-refractivity contribution in [2.24, 2.45) is 0 Å². The molecule has 1 fully saturated rings. The van der Waals surface area contributed by atoms with Gasteiger partial charge in [-0.15, -0.1) is 0 Å². The van der Waals surface area contributed by atoms with E-state index in [0.29, 0.717) is 5.56 Å². The first-order valence-corrected chi connectivity index (χ1v) is 10.8. The molecule has 1 aliphatic heterocycles. The van der Waals surface area contributed by atoms with Crippen LogP contribution < -0.4 is 5.46 Å². The second kappa shape index (κ2) is 8.01. The van der Waals surface area contributed by atoms with Crippen molar-refractivity contribution < 1.29 is 18.8 Å². The van der Waals surface area contributed by atoms with Gasteiger partial charge in [-0.2, -0.15) is 0 Å². The summed E-state index contributed by atoms with van der Waals surface area (Å²) in [5.74, 6) is 0.0964. The fourth-order valence-corrected chi connectivity index (χ4v) is 4.27. The Morgan fingerprint density at radius 2 is 1.73 bits per heavy atom. The maximum absolute atomic E-state index is 14.5. The van der Waals surface area contributed by atoms with E-state index in [4.69, 9.17) is 9.31 Å². The highest BCUT2D eigenvalue weighted by Crippen LogP contribution is 2.43. The summed E-state index contributed by atoms with van der Waals surface area (Å²) in [6.07, 6.45) is 1.62. The van der Waals surface area contributed by atoms with Crippen molar-refractivity contribution in [2.75, 3.05) is 0 Å². The molecule has 0 aliphatic carbocycles. The van der Waals surface area contributed by atoms with E-state index in [2.05, 4.69) is 20.8 Å². The highest BCUT2D eigenvalue weighted by atomic mass is 19.1. The molecule has 2 aromatic carbocycles. The summed E-state index contributed by atoms with van der Waals surface area (Å²) >= 11 is 0. The van der Waals surface area contributed by atoms with Gasteiger partial charge < -0.3 is 14.4 Å². The number of hydrogen-bond donors (Lipinski definition) is 1. The van der Waals surface area contributed by atoms with Crippen LogP contribution in [0.15, 0.2) is 42.5 Å². The molecule has 1 heterocycles. The van der Waals surface area contributed by atoms with Crippen LogP contribution in [-0.4, -0.2) is 23.4 Å². The van der Waals surface area contributed by atoms with E-state index in [-0.39, 0.29) is 22.9 Å². The lowest BCUT2D eigenvalue weighted by atomic mass is 9.73. The molecule has 0 saturated carbocycles. The lowest BCUT2D eigenvalue weighted by molar-refractivity contribution is -0.0201. The van der Waals surface area contributed by atoms with Crippen molar-refractivity contribution in [1.82, 2.24) is 0 Å². The number of halogens is 1. The van der Waals surface area contributed by atoms with E-state index < -0.39 is 18.3 Å². The topological polar surface area (TPSA) is 38.7 Å². The normalized spacial score (nSPS) is 21.4. The van der Waals surface area contributed by atoms with E-state index in [0.717, 1.165) is 23.9 Å². The third kappa shape index (κ3) is 4.28. The average Bonchev–Trinajstić information content (AvgIpc) is 2.89. The van der Waals surface area contributed by atoms with Crippen LogP contribution in [0.5, 0.6) is 5.75 Å². The minimum absolute atomic E-state index is 0.0352. The highest BCUT2D eigenvalue weighted by Gasteiger charge is 2.55. The predicted octanol–water partition coefficient (Wildman–Crippen LogP) is 5.69. The molecular weight excluding hydrogens is 378 g/mol. The van der Waals surface area contributed by atoms with Gasteiger partial charge in [0, 0.05) is 0 Å². The average molecular weight is 412 g/mol. The molecule has 0 bridgehead atoms. The van der Waals surface area contributed by atoms with Gasteiger partial charge in [0.1, 0.15) is 11.6 Å². The van der Waals surface area contributed by atoms with Gasteiger partial charge in [0.2, 0.25) is 0 Å². The summed E-state index contributed by atoms with van der Waals surface area (Å²) in [5, 5.41) is 9.87. The molecule has 0 radical (unpaired) electrons. The van der Waals surface area contributed by atoms with Crippen LogP contribution in [0.1, 0.15) is 78.4 Å². The maximum atomic E-state index is 14.5. The van der Waals surface area contributed by atoms with Crippen LogP contribution in [0, 0.1) is 5.82 Å². The fourth-order valence-electron chi connectivity index (χ4n) is 4.27. The number of hydrogen-bond acceptors (Lipinski definition) is 3. The molecule has 3 rings (SSSR count). The Morgan fingerprint density at radius 1 is 1.07 bits per heavy atom. The third-order valence-corrected chi connectivity index (χ3v) is 6.82. The molecule has 5 heteroatoms. The predicted molar refractivity (Wildman–Crippen MR) is 121 cm³/mol. The molecule has 2 aromatic rings. The molecular formula is C25H34BFO3. The number of benzene rings is 2. The smallest absolute Gasteiger partial charge is 0.495 e. The number of phenolic OH excluding ortho intramolecular Hbond substituents is 1. The molecule has 1 unspecified atom stereocenters. The van der Waals surface area contributed by atoms with Gasteiger partial charge in [-0.3, -0.25) is 0 Å². The Morgan fingerprint density at radius 3 is 2.37 bits per heavy atom. The Hall–Kier alpha value is -1.85. The Balaban J connectivity index is 1.84. The van der Waals surface area contributed by atoms with Crippen molar-refractivity contribution in [3.05, 3.63) is 59.4 Å². The van der Waals surface area contributed by atoms with Crippen LogP contribution in [0.25, 0.3) is 0 Å². The maximum Gasteiger partial charge on any atom is 0.495 e. The Bertz CT molecular complexity index is 909. The Kier molecular flexibility index (Phi) is 6.10. The van der Waals surface area contributed by atoms with Crippen LogP contribution in [0.2, 0.25) is 0 Å². The molecule has 0 amide bonds. The monoisotopic (exact) mass is 412 g/mol. The molecule has 3 nitrogen and oxygen atoms in total. The zero-order valence-electron chi connectivity index (χ0n) is 19.3. The van der Waals surface area contributed by atoms with Crippen LogP contribution >= 0.6 is 0 Å². The molecule has 0 spiro atoms. The first-order chi connectivity index (χ1) is 13.9. The van der Waals surface area contributed by atoms with Crippen molar-refractivity contribution in [2.45, 2.75) is 83.8 Å². The van der Waals surface area contributed by atoms with Gasteiger partial charge in [0.15, 0.2) is 0 Å². The minimum Gasteiger partial charge on any atom is -0.508 e. The molecule has 1 aliphatic rings. The van der Waals surface area contributed by atoms with Gasteiger partial charge in [0.25, 0.3) is 0 Å². The second-order valence-electron chi connectivity index (χ2n) is 10.1. The zero-order chi connectivity index (χ0) is 22.3. The number of aromatic hydroxyl groups is 1. The molecule has 1 N–H and O–H groups in total. The lowest BCUT2D eigenvalue weighted by Gasteiger charge is -2.39. The summed E-state index contributed by atoms with van der Waals surface area (Å²) in [5.41, 5.74) is 1.31. The fraction of sp³-hybridized carbons (Fsp3) is 0.520. The first kappa shape index (κ1) is 22.8.